The second-order valence-corrected chi connectivity index (χ2v) is 7.35. The summed E-state index contributed by atoms with van der Waals surface area (Å²) in [6, 6.07) is 1.47. The molecular weight excluding hydrogens is 290 g/mol. The fourth-order valence-electron chi connectivity index (χ4n) is 1.84. The van der Waals surface area contributed by atoms with Crippen LogP contribution in [0.1, 0.15) is 12.0 Å². The maximum absolute atomic E-state index is 12.1. The minimum Gasteiger partial charge on any atom is -0.392 e. The highest BCUT2D eigenvalue weighted by atomic mass is 32.2. The molecule has 2 heterocycles. The summed E-state index contributed by atoms with van der Waals surface area (Å²) in [4.78, 5) is 0. The average Bonchev–Trinajstić information content (AvgIpc) is 3.06. The van der Waals surface area contributed by atoms with E-state index < -0.39 is 15.6 Å². The van der Waals surface area contributed by atoms with Crippen LogP contribution in [-0.4, -0.2) is 46.0 Å². The first kappa shape index (κ1) is 14.9. The molecule has 2 rings (SSSR count). The summed E-state index contributed by atoms with van der Waals surface area (Å²) >= 11 is 1.09. The normalized spacial score (nSPS) is 23.9. The number of hydrogen-bond acceptors (Lipinski definition) is 6. The van der Waals surface area contributed by atoms with Gasteiger partial charge in [0.25, 0.3) is 0 Å². The highest BCUT2D eigenvalue weighted by molar-refractivity contribution is 7.91. The third kappa shape index (κ3) is 3.33. The first-order valence-electron chi connectivity index (χ1n) is 5.82. The van der Waals surface area contributed by atoms with Gasteiger partial charge in [-0.1, -0.05) is 0 Å². The molecule has 0 bridgehead atoms. The molecule has 6 nitrogen and oxygen atoms in total. The van der Waals surface area contributed by atoms with Crippen LogP contribution in [0.15, 0.2) is 15.7 Å². The summed E-state index contributed by atoms with van der Waals surface area (Å²) in [5.41, 5.74) is 0.0143. The van der Waals surface area contributed by atoms with Crippen molar-refractivity contribution in [3.8, 4) is 0 Å². The number of nitrogens with one attached hydrogen (secondary N) is 1. The summed E-state index contributed by atoms with van der Waals surface area (Å²) in [5.74, 6) is 0. The Morgan fingerprint density at radius 1 is 1.63 bits per heavy atom. The number of methoxy groups -OCH3 is 1. The molecule has 0 aliphatic carbocycles. The first-order valence-corrected chi connectivity index (χ1v) is 8.18. The number of rotatable bonds is 6. The summed E-state index contributed by atoms with van der Waals surface area (Å²) in [7, 11) is -2.01. The lowest BCUT2D eigenvalue weighted by Crippen LogP contribution is -2.44. The summed E-state index contributed by atoms with van der Waals surface area (Å²) in [5, 5.41) is 10.6. The van der Waals surface area contributed by atoms with E-state index in [1.165, 1.54) is 6.07 Å². The minimum atomic E-state index is -3.56. The van der Waals surface area contributed by atoms with Gasteiger partial charge in [0.05, 0.1) is 13.2 Å². The molecular formula is C11H17NO5S2. The van der Waals surface area contributed by atoms with Crippen molar-refractivity contribution in [2.24, 2.45) is 0 Å². The summed E-state index contributed by atoms with van der Waals surface area (Å²) in [6.45, 7) is 0.974. The van der Waals surface area contributed by atoms with Gasteiger partial charge < -0.3 is 14.6 Å². The lowest BCUT2D eigenvalue weighted by Gasteiger charge is -2.25. The van der Waals surface area contributed by atoms with E-state index in [1.807, 2.05) is 0 Å². The molecule has 0 saturated carbocycles. The van der Waals surface area contributed by atoms with E-state index in [1.54, 1.807) is 12.5 Å². The van der Waals surface area contributed by atoms with Crippen LogP contribution in [0.2, 0.25) is 0 Å². The molecule has 108 valence electrons. The van der Waals surface area contributed by atoms with Gasteiger partial charge in [-0.25, -0.2) is 13.1 Å². The zero-order chi connectivity index (χ0) is 13.9. The van der Waals surface area contributed by atoms with Gasteiger partial charge in [0.1, 0.15) is 9.81 Å². The van der Waals surface area contributed by atoms with Crippen LogP contribution in [0.5, 0.6) is 0 Å². The number of aliphatic hydroxyl groups excluding tert-OH is 1. The van der Waals surface area contributed by atoms with Crippen LogP contribution in [0.3, 0.4) is 0 Å². The zero-order valence-corrected chi connectivity index (χ0v) is 12.2. The molecule has 1 aliphatic rings. The topological polar surface area (TPSA) is 84.9 Å². The lowest BCUT2D eigenvalue weighted by molar-refractivity contribution is -0.0120. The fourth-order valence-corrected chi connectivity index (χ4v) is 4.19. The van der Waals surface area contributed by atoms with Crippen LogP contribution in [0.4, 0.5) is 0 Å². The van der Waals surface area contributed by atoms with Crippen LogP contribution >= 0.6 is 11.3 Å². The SMILES string of the molecule is COC1(CNS(=O)(=O)c2cc(CO)cs2)CCOC1. The predicted molar refractivity (Wildman–Crippen MR) is 70.6 cm³/mol. The molecule has 0 amide bonds. The largest absolute Gasteiger partial charge is 0.392 e. The van der Waals surface area contributed by atoms with E-state index in [-0.39, 0.29) is 17.4 Å². The molecule has 2 N–H and O–H groups in total. The Labute approximate surface area is 116 Å². The Kier molecular flexibility index (Phi) is 4.59. The van der Waals surface area contributed by atoms with Gasteiger partial charge in [-0.15, -0.1) is 11.3 Å². The summed E-state index contributed by atoms with van der Waals surface area (Å²) < 4.78 is 37.6. The van der Waals surface area contributed by atoms with Crippen molar-refractivity contribution >= 4 is 21.4 Å². The van der Waals surface area contributed by atoms with Crippen LogP contribution in [0, 0.1) is 0 Å². The Hall–Kier alpha value is -0.510. The minimum absolute atomic E-state index is 0.165. The number of thiophene rings is 1. The number of aliphatic hydroxyl groups is 1. The molecule has 1 unspecified atom stereocenters. The van der Waals surface area contributed by atoms with Gasteiger partial charge >= 0.3 is 0 Å². The fraction of sp³-hybridized carbons (Fsp3) is 0.636. The van der Waals surface area contributed by atoms with Gasteiger partial charge in [-0.05, 0) is 17.0 Å². The summed E-state index contributed by atoms with van der Waals surface area (Å²) in [6.07, 6.45) is 0.665. The van der Waals surface area contributed by atoms with E-state index in [2.05, 4.69) is 4.72 Å². The highest BCUT2D eigenvalue weighted by Gasteiger charge is 2.36. The Morgan fingerprint density at radius 3 is 2.95 bits per heavy atom. The molecule has 1 atom stereocenters. The first-order chi connectivity index (χ1) is 9.01. The van der Waals surface area contributed by atoms with Crippen molar-refractivity contribution in [1.29, 1.82) is 0 Å². The Balaban J connectivity index is 2.05. The number of ether oxygens (including phenoxy) is 2. The van der Waals surface area contributed by atoms with E-state index in [0.717, 1.165) is 11.3 Å². The quantitative estimate of drug-likeness (QED) is 0.791. The van der Waals surface area contributed by atoms with Crippen LogP contribution < -0.4 is 4.72 Å². The molecule has 0 radical (unpaired) electrons. The van der Waals surface area contributed by atoms with Crippen molar-refractivity contribution in [3.63, 3.8) is 0 Å². The standard InChI is InChI=1S/C11H17NO5S2/c1-16-11(2-3-17-8-11)7-12-19(14,15)10-4-9(5-13)6-18-10/h4,6,12-13H,2-3,5,7-8H2,1H3. The van der Waals surface area contributed by atoms with E-state index >= 15 is 0 Å². The molecule has 1 aromatic rings. The molecule has 1 fully saturated rings. The maximum atomic E-state index is 12.1. The molecule has 8 heteroatoms. The Morgan fingerprint density at radius 2 is 2.42 bits per heavy atom. The van der Waals surface area contributed by atoms with E-state index in [0.29, 0.717) is 25.2 Å². The maximum Gasteiger partial charge on any atom is 0.250 e. The second-order valence-electron chi connectivity index (χ2n) is 4.45. The smallest absolute Gasteiger partial charge is 0.250 e. The van der Waals surface area contributed by atoms with Gasteiger partial charge in [0.2, 0.25) is 10.0 Å². The second kappa shape index (κ2) is 5.86. The van der Waals surface area contributed by atoms with Gasteiger partial charge in [-0.2, -0.15) is 0 Å². The predicted octanol–water partition coefficient (Wildman–Crippen LogP) is 0.324. The molecule has 0 aromatic carbocycles. The molecule has 0 spiro atoms. The van der Waals surface area contributed by atoms with Crippen molar-refractivity contribution in [2.75, 3.05) is 26.9 Å². The third-order valence-electron chi connectivity index (χ3n) is 3.16. The molecule has 1 aromatic heterocycles. The van der Waals surface area contributed by atoms with Gasteiger partial charge in [0.15, 0.2) is 0 Å². The molecule has 1 saturated heterocycles. The van der Waals surface area contributed by atoms with Crippen molar-refractivity contribution in [2.45, 2.75) is 22.8 Å². The lowest BCUT2D eigenvalue weighted by atomic mass is 10.0. The van der Waals surface area contributed by atoms with E-state index in [4.69, 9.17) is 14.6 Å². The van der Waals surface area contributed by atoms with Crippen LogP contribution in [-0.2, 0) is 26.1 Å². The molecule has 19 heavy (non-hydrogen) atoms. The van der Waals surface area contributed by atoms with E-state index in [9.17, 15) is 8.42 Å². The van der Waals surface area contributed by atoms with Gasteiger partial charge in [-0.3, -0.25) is 0 Å². The van der Waals surface area contributed by atoms with Crippen molar-refractivity contribution < 1.29 is 23.0 Å². The highest BCUT2D eigenvalue weighted by Crippen LogP contribution is 2.24. The van der Waals surface area contributed by atoms with Gasteiger partial charge in [0, 0.05) is 26.7 Å². The zero-order valence-electron chi connectivity index (χ0n) is 10.6. The number of hydrogen-bond donors (Lipinski definition) is 2. The third-order valence-corrected chi connectivity index (χ3v) is 6.05. The van der Waals surface area contributed by atoms with Crippen LogP contribution in [0.25, 0.3) is 0 Å². The number of sulfonamides is 1. The van der Waals surface area contributed by atoms with Crippen molar-refractivity contribution in [1.82, 2.24) is 4.72 Å². The monoisotopic (exact) mass is 307 g/mol. The average molecular weight is 307 g/mol. The van der Waals surface area contributed by atoms with Crippen molar-refractivity contribution in [3.05, 3.63) is 17.0 Å². The Bertz CT molecular complexity index is 519. The molecule has 1 aliphatic heterocycles.